The van der Waals surface area contributed by atoms with E-state index in [0.29, 0.717) is 12.2 Å². The number of benzene rings is 2. The summed E-state index contributed by atoms with van der Waals surface area (Å²) in [5.74, 6) is -0.328. The van der Waals surface area contributed by atoms with E-state index in [9.17, 15) is 4.79 Å². The smallest absolute Gasteiger partial charge is 0.338 e. The van der Waals surface area contributed by atoms with E-state index in [1.165, 1.54) is 0 Å². The molecule has 0 unspecified atom stereocenters. The van der Waals surface area contributed by atoms with Gasteiger partial charge in [0.2, 0.25) is 0 Å². The first-order chi connectivity index (χ1) is 14.4. The highest BCUT2D eigenvalue weighted by Gasteiger charge is 2.13. The van der Waals surface area contributed by atoms with Crippen LogP contribution >= 0.6 is 11.8 Å². The maximum Gasteiger partial charge on any atom is 0.338 e. The Morgan fingerprint density at radius 2 is 1.87 bits per heavy atom. The van der Waals surface area contributed by atoms with Gasteiger partial charge in [-0.3, -0.25) is 4.68 Å². The molecule has 7 heteroatoms. The zero-order valence-corrected chi connectivity index (χ0v) is 18.3. The van der Waals surface area contributed by atoms with Gasteiger partial charge in [-0.1, -0.05) is 47.2 Å². The highest BCUT2D eigenvalue weighted by atomic mass is 32.2. The highest BCUT2D eigenvalue weighted by molar-refractivity contribution is 7.99. The molecule has 0 atom stereocenters. The fourth-order valence-corrected chi connectivity index (χ4v) is 3.74. The van der Waals surface area contributed by atoms with Gasteiger partial charge in [0.1, 0.15) is 11.6 Å². The molecule has 0 N–H and O–H groups in total. The van der Waals surface area contributed by atoms with E-state index in [1.807, 2.05) is 62.8 Å². The summed E-state index contributed by atoms with van der Waals surface area (Å²) in [5.41, 5.74) is 3.24. The van der Waals surface area contributed by atoms with Gasteiger partial charge in [0.15, 0.2) is 0 Å². The van der Waals surface area contributed by atoms with E-state index >= 15 is 0 Å². The van der Waals surface area contributed by atoms with Gasteiger partial charge in [-0.05, 0) is 50.6 Å². The largest absolute Gasteiger partial charge is 0.459 e. The van der Waals surface area contributed by atoms with Gasteiger partial charge < -0.3 is 9.57 Å². The fraction of sp³-hybridized carbons (Fsp3) is 0.261. The summed E-state index contributed by atoms with van der Waals surface area (Å²) in [5, 5.41) is 9.62. The minimum absolute atomic E-state index is 0.143. The first-order valence-electron chi connectivity index (χ1n) is 9.66. The van der Waals surface area contributed by atoms with Gasteiger partial charge in [0.05, 0.1) is 29.1 Å². The summed E-state index contributed by atoms with van der Waals surface area (Å²) >= 11 is 1.63. The average molecular weight is 424 g/mol. The standard InChI is InChI=1S/C23H25N3O3S/c1-16(2)29-23(27)19-12-10-18(11-13-19)15-28-24-14-21-17(3)25-26(4)22(21)30-20-8-6-5-7-9-20/h5-14,16H,15H2,1-4H3/b24-14+. The molecule has 0 saturated heterocycles. The van der Waals surface area contributed by atoms with Crippen LogP contribution in [-0.2, 0) is 23.2 Å². The topological polar surface area (TPSA) is 65.7 Å². The molecule has 0 saturated carbocycles. The number of esters is 1. The number of carbonyl (C=O) groups excluding carboxylic acids is 1. The molecular formula is C23H25N3O3S. The molecule has 3 rings (SSSR count). The van der Waals surface area contributed by atoms with Crippen LogP contribution in [0.25, 0.3) is 0 Å². The molecule has 0 aliphatic heterocycles. The third-order valence-electron chi connectivity index (χ3n) is 4.19. The van der Waals surface area contributed by atoms with Crippen LogP contribution in [0.2, 0.25) is 0 Å². The number of rotatable bonds is 8. The van der Waals surface area contributed by atoms with Crippen molar-refractivity contribution < 1.29 is 14.4 Å². The molecule has 6 nitrogen and oxygen atoms in total. The Bertz CT molecular complexity index is 1010. The van der Waals surface area contributed by atoms with Gasteiger partial charge in [-0.15, -0.1) is 0 Å². The van der Waals surface area contributed by atoms with Crippen molar-refractivity contribution in [2.75, 3.05) is 0 Å². The molecule has 0 aliphatic carbocycles. The van der Waals surface area contributed by atoms with Crippen LogP contribution in [0, 0.1) is 6.92 Å². The maximum absolute atomic E-state index is 11.9. The second-order valence-corrected chi connectivity index (χ2v) is 8.06. The van der Waals surface area contributed by atoms with Gasteiger partial charge >= 0.3 is 5.97 Å². The SMILES string of the molecule is Cc1nn(C)c(Sc2ccccc2)c1/C=N/OCc1ccc(C(=O)OC(C)C)cc1. The van der Waals surface area contributed by atoms with Crippen LogP contribution in [0.4, 0.5) is 0 Å². The minimum atomic E-state index is -0.328. The number of ether oxygens (including phenoxy) is 1. The van der Waals surface area contributed by atoms with Gasteiger partial charge in [-0.25, -0.2) is 4.79 Å². The summed E-state index contributed by atoms with van der Waals surface area (Å²) in [6.07, 6.45) is 1.55. The molecule has 0 bridgehead atoms. The molecule has 156 valence electrons. The second-order valence-electron chi connectivity index (χ2n) is 7.00. The van der Waals surface area contributed by atoms with E-state index in [4.69, 9.17) is 9.57 Å². The number of hydrogen-bond donors (Lipinski definition) is 0. The van der Waals surface area contributed by atoms with Crippen LogP contribution in [0.1, 0.15) is 41.0 Å². The fourth-order valence-electron chi connectivity index (χ4n) is 2.74. The lowest BCUT2D eigenvalue weighted by Crippen LogP contribution is -2.11. The van der Waals surface area contributed by atoms with Crippen molar-refractivity contribution in [2.45, 2.75) is 43.4 Å². The first-order valence-corrected chi connectivity index (χ1v) is 10.5. The molecule has 3 aromatic rings. The molecular weight excluding hydrogens is 398 g/mol. The lowest BCUT2D eigenvalue weighted by molar-refractivity contribution is 0.0378. The Morgan fingerprint density at radius 3 is 2.53 bits per heavy atom. The van der Waals surface area contributed by atoms with E-state index in [2.05, 4.69) is 22.4 Å². The molecule has 0 amide bonds. The quantitative estimate of drug-likeness (QED) is 0.290. The van der Waals surface area contributed by atoms with Crippen molar-refractivity contribution in [1.82, 2.24) is 9.78 Å². The Kier molecular flexibility index (Phi) is 7.30. The number of hydrogen-bond acceptors (Lipinski definition) is 6. The van der Waals surface area contributed by atoms with Gasteiger partial charge in [0.25, 0.3) is 0 Å². The zero-order valence-electron chi connectivity index (χ0n) is 17.5. The molecule has 1 heterocycles. The molecule has 0 radical (unpaired) electrons. The lowest BCUT2D eigenvalue weighted by Gasteiger charge is -2.08. The number of aromatic nitrogens is 2. The third-order valence-corrected chi connectivity index (χ3v) is 5.38. The van der Waals surface area contributed by atoms with E-state index in [0.717, 1.165) is 26.7 Å². The second kappa shape index (κ2) is 10.1. The Hall–Kier alpha value is -3.06. The van der Waals surface area contributed by atoms with Crippen LogP contribution in [-0.4, -0.2) is 28.1 Å². The van der Waals surface area contributed by atoms with Crippen molar-refractivity contribution in [3.05, 3.63) is 77.0 Å². The number of carbonyl (C=O) groups is 1. The highest BCUT2D eigenvalue weighted by Crippen LogP contribution is 2.30. The van der Waals surface area contributed by atoms with Crippen molar-refractivity contribution in [3.8, 4) is 0 Å². The van der Waals surface area contributed by atoms with E-state index in [-0.39, 0.29) is 12.1 Å². The third kappa shape index (κ3) is 5.73. The van der Waals surface area contributed by atoms with Crippen molar-refractivity contribution in [1.29, 1.82) is 0 Å². The van der Waals surface area contributed by atoms with Crippen LogP contribution < -0.4 is 0 Å². The van der Waals surface area contributed by atoms with Crippen molar-refractivity contribution in [3.63, 3.8) is 0 Å². The van der Waals surface area contributed by atoms with Crippen LogP contribution in [0.15, 0.2) is 69.7 Å². The summed E-state index contributed by atoms with van der Waals surface area (Å²) < 4.78 is 7.04. The van der Waals surface area contributed by atoms with E-state index in [1.54, 1.807) is 30.1 Å². The average Bonchev–Trinajstić information content (AvgIpc) is 2.98. The molecule has 0 spiro atoms. The van der Waals surface area contributed by atoms with Crippen molar-refractivity contribution in [2.24, 2.45) is 12.2 Å². The molecule has 0 fully saturated rings. The summed E-state index contributed by atoms with van der Waals surface area (Å²) in [4.78, 5) is 18.5. The number of oxime groups is 1. The Labute approximate surface area is 180 Å². The van der Waals surface area contributed by atoms with Gasteiger partial charge in [-0.2, -0.15) is 5.10 Å². The van der Waals surface area contributed by atoms with Crippen LogP contribution in [0.5, 0.6) is 0 Å². The predicted molar refractivity (Wildman–Crippen MR) is 118 cm³/mol. The Balaban J connectivity index is 1.61. The number of nitrogens with zero attached hydrogens (tertiary/aromatic N) is 3. The maximum atomic E-state index is 11.9. The summed E-state index contributed by atoms with van der Waals surface area (Å²) in [6, 6.07) is 17.3. The molecule has 1 aromatic heterocycles. The summed E-state index contributed by atoms with van der Waals surface area (Å²) in [6.45, 7) is 5.90. The lowest BCUT2D eigenvalue weighted by atomic mass is 10.1. The molecule has 30 heavy (non-hydrogen) atoms. The summed E-state index contributed by atoms with van der Waals surface area (Å²) in [7, 11) is 1.92. The van der Waals surface area contributed by atoms with Gasteiger partial charge in [0, 0.05) is 11.9 Å². The first kappa shape index (κ1) is 21.6. The van der Waals surface area contributed by atoms with Crippen LogP contribution in [0.3, 0.4) is 0 Å². The minimum Gasteiger partial charge on any atom is -0.459 e. The normalized spacial score (nSPS) is 11.2. The predicted octanol–water partition coefficient (Wildman–Crippen LogP) is 5.00. The van der Waals surface area contributed by atoms with E-state index < -0.39 is 0 Å². The molecule has 0 aliphatic rings. The Morgan fingerprint density at radius 1 is 1.17 bits per heavy atom. The van der Waals surface area contributed by atoms with Crippen molar-refractivity contribution >= 4 is 23.9 Å². The monoisotopic (exact) mass is 423 g/mol. The number of aryl methyl sites for hydroxylation is 2. The molecule has 2 aromatic carbocycles. The zero-order chi connectivity index (χ0) is 21.5.